The zero-order valence-electron chi connectivity index (χ0n) is 10.3. The molecule has 18 heavy (non-hydrogen) atoms. The van der Waals surface area contributed by atoms with Gasteiger partial charge in [-0.25, -0.2) is 4.79 Å². The van der Waals surface area contributed by atoms with Crippen LogP contribution in [0.4, 0.5) is 4.79 Å². The highest BCUT2D eigenvalue weighted by Crippen LogP contribution is 2.11. The number of hydrogen-bond acceptors (Lipinski definition) is 4. The third kappa shape index (κ3) is 2.61. The summed E-state index contributed by atoms with van der Waals surface area (Å²) in [6.45, 7) is 2.83. The number of nitrogens with zero attached hydrogens (tertiary/aromatic N) is 1. The highest BCUT2D eigenvalue weighted by molar-refractivity contribution is 6.04. The SMILES string of the molecule is CCC1C(=O)NC(=O)CN1C(=O)NC1CCOC1. The van der Waals surface area contributed by atoms with Crippen molar-refractivity contribution in [2.24, 2.45) is 0 Å². The Morgan fingerprint density at radius 3 is 2.94 bits per heavy atom. The molecule has 2 saturated heterocycles. The highest BCUT2D eigenvalue weighted by Gasteiger charge is 2.36. The molecule has 2 aliphatic rings. The fourth-order valence-electron chi connectivity index (χ4n) is 2.19. The first-order valence-corrected chi connectivity index (χ1v) is 6.10. The Hall–Kier alpha value is -1.63. The number of piperazine rings is 1. The van der Waals surface area contributed by atoms with Crippen molar-refractivity contribution in [1.29, 1.82) is 0 Å². The summed E-state index contributed by atoms with van der Waals surface area (Å²) in [6.07, 6.45) is 1.24. The quantitative estimate of drug-likeness (QED) is 0.634. The number of carbonyl (C=O) groups is 3. The Morgan fingerprint density at radius 2 is 2.33 bits per heavy atom. The molecule has 0 aromatic carbocycles. The van der Waals surface area contributed by atoms with E-state index < -0.39 is 17.9 Å². The average molecular weight is 255 g/mol. The van der Waals surface area contributed by atoms with Gasteiger partial charge < -0.3 is 15.0 Å². The molecular formula is C11H17N3O4. The van der Waals surface area contributed by atoms with Crippen LogP contribution in [0.25, 0.3) is 0 Å². The Kier molecular flexibility index (Phi) is 3.81. The van der Waals surface area contributed by atoms with E-state index in [2.05, 4.69) is 10.6 Å². The number of imide groups is 1. The van der Waals surface area contributed by atoms with Crippen molar-refractivity contribution in [2.45, 2.75) is 31.8 Å². The standard InChI is InChI=1S/C11H17N3O4/c1-2-8-10(16)13-9(15)5-14(8)11(17)12-7-3-4-18-6-7/h7-8H,2-6H2,1H3,(H,12,17)(H,13,15,16). The van der Waals surface area contributed by atoms with Crippen molar-refractivity contribution in [3.05, 3.63) is 0 Å². The van der Waals surface area contributed by atoms with E-state index in [-0.39, 0.29) is 18.6 Å². The summed E-state index contributed by atoms with van der Waals surface area (Å²) in [7, 11) is 0. The summed E-state index contributed by atoms with van der Waals surface area (Å²) in [5, 5.41) is 5.02. The number of urea groups is 1. The van der Waals surface area contributed by atoms with E-state index in [0.717, 1.165) is 6.42 Å². The van der Waals surface area contributed by atoms with E-state index in [1.807, 2.05) is 0 Å². The van der Waals surface area contributed by atoms with Crippen molar-refractivity contribution < 1.29 is 19.1 Å². The number of hydrogen-bond donors (Lipinski definition) is 2. The van der Waals surface area contributed by atoms with Crippen LogP contribution in [0.3, 0.4) is 0 Å². The second kappa shape index (κ2) is 5.34. The molecule has 2 unspecified atom stereocenters. The summed E-state index contributed by atoms with van der Waals surface area (Å²) in [4.78, 5) is 36.3. The zero-order chi connectivity index (χ0) is 13.1. The van der Waals surface area contributed by atoms with Crippen LogP contribution in [-0.4, -0.2) is 54.6 Å². The van der Waals surface area contributed by atoms with Gasteiger partial charge in [0.1, 0.15) is 12.6 Å². The van der Waals surface area contributed by atoms with Gasteiger partial charge in [-0.2, -0.15) is 0 Å². The van der Waals surface area contributed by atoms with E-state index in [1.54, 1.807) is 6.92 Å². The van der Waals surface area contributed by atoms with E-state index in [4.69, 9.17) is 4.74 Å². The van der Waals surface area contributed by atoms with Gasteiger partial charge in [0.2, 0.25) is 11.8 Å². The van der Waals surface area contributed by atoms with Crippen molar-refractivity contribution in [3.8, 4) is 0 Å². The molecule has 2 heterocycles. The smallest absolute Gasteiger partial charge is 0.318 e. The summed E-state index contributed by atoms with van der Waals surface area (Å²) < 4.78 is 5.16. The number of amides is 4. The van der Waals surface area contributed by atoms with Crippen LogP contribution in [0.5, 0.6) is 0 Å². The van der Waals surface area contributed by atoms with Crippen molar-refractivity contribution >= 4 is 17.8 Å². The summed E-state index contributed by atoms with van der Waals surface area (Å²) in [5.74, 6) is -0.853. The second-order valence-electron chi connectivity index (χ2n) is 4.47. The lowest BCUT2D eigenvalue weighted by Gasteiger charge is -2.33. The summed E-state index contributed by atoms with van der Waals surface area (Å²) in [6, 6.07) is -0.985. The maximum atomic E-state index is 12.0. The molecule has 0 saturated carbocycles. The maximum absolute atomic E-state index is 12.0. The van der Waals surface area contributed by atoms with Crippen molar-refractivity contribution in [2.75, 3.05) is 19.8 Å². The molecule has 2 rings (SSSR count). The second-order valence-corrected chi connectivity index (χ2v) is 4.47. The van der Waals surface area contributed by atoms with Gasteiger partial charge in [-0.15, -0.1) is 0 Å². The Morgan fingerprint density at radius 1 is 1.56 bits per heavy atom. The topological polar surface area (TPSA) is 87.7 Å². The lowest BCUT2D eigenvalue weighted by atomic mass is 10.1. The first kappa shape index (κ1) is 12.8. The minimum absolute atomic E-state index is 0.0323. The number of carbonyl (C=O) groups excluding carboxylic acids is 3. The first-order chi connectivity index (χ1) is 8.61. The first-order valence-electron chi connectivity index (χ1n) is 6.10. The third-order valence-corrected chi connectivity index (χ3v) is 3.16. The van der Waals surface area contributed by atoms with Crippen molar-refractivity contribution in [3.63, 3.8) is 0 Å². The monoisotopic (exact) mass is 255 g/mol. The Labute approximate surface area is 105 Å². The third-order valence-electron chi connectivity index (χ3n) is 3.16. The molecule has 2 N–H and O–H groups in total. The molecule has 0 aromatic heterocycles. The molecule has 2 fully saturated rings. The molecule has 7 heteroatoms. The molecule has 0 bridgehead atoms. The van der Waals surface area contributed by atoms with Gasteiger partial charge in [0, 0.05) is 6.61 Å². The average Bonchev–Trinajstić information content (AvgIpc) is 2.80. The van der Waals surface area contributed by atoms with Gasteiger partial charge in [0.05, 0.1) is 12.6 Å². The van der Waals surface area contributed by atoms with Gasteiger partial charge in [0.15, 0.2) is 0 Å². The fraction of sp³-hybridized carbons (Fsp3) is 0.727. The van der Waals surface area contributed by atoms with Gasteiger partial charge in [0.25, 0.3) is 0 Å². The number of nitrogens with one attached hydrogen (secondary N) is 2. The lowest BCUT2D eigenvalue weighted by molar-refractivity contribution is -0.138. The lowest BCUT2D eigenvalue weighted by Crippen LogP contribution is -2.62. The van der Waals surface area contributed by atoms with Gasteiger partial charge in [-0.05, 0) is 12.8 Å². The minimum atomic E-state index is -0.579. The van der Waals surface area contributed by atoms with Crippen LogP contribution in [0.2, 0.25) is 0 Å². The van der Waals surface area contributed by atoms with E-state index in [1.165, 1.54) is 4.90 Å². The molecule has 0 radical (unpaired) electrons. The molecule has 7 nitrogen and oxygen atoms in total. The van der Waals surface area contributed by atoms with E-state index in [0.29, 0.717) is 19.6 Å². The molecule has 0 spiro atoms. The number of ether oxygens (including phenoxy) is 1. The van der Waals surface area contributed by atoms with E-state index >= 15 is 0 Å². The predicted octanol–water partition coefficient (Wildman–Crippen LogP) is -0.778. The van der Waals surface area contributed by atoms with Gasteiger partial charge in [-0.1, -0.05) is 6.92 Å². The highest BCUT2D eigenvalue weighted by atomic mass is 16.5. The summed E-state index contributed by atoms with van der Waals surface area (Å²) in [5.41, 5.74) is 0. The summed E-state index contributed by atoms with van der Waals surface area (Å²) >= 11 is 0. The number of rotatable bonds is 2. The molecule has 2 atom stereocenters. The van der Waals surface area contributed by atoms with Gasteiger partial charge in [-0.3, -0.25) is 14.9 Å². The largest absolute Gasteiger partial charge is 0.379 e. The molecule has 2 aliphatic heterocycles. The zero-order valence-corrected chi connectivity index (χ0v) is 10.3. The van der Waals surface area contributed by atoms with Crippen LogP contribution in [0.15, 0.2) is 0 Å². The van der Waals surface area contributed by atoms with Crippen LogP contribution < -0.4 is 10.6 Å². The van der Waals surface area contributed by atoms with Crippen LogP contribution >= 0.6 is 0 Å². The minimum Gasteiger partial charge on any atom is -0.379 e. The fourth-order valence-corrected chi connectivity index (χ4v) is 2.19. The molecule has 4 amide bonds. The van der Waals surface area contributed by atoms with Crippen LogP contribution in [-0.2, 0) is 14.3 Å². The van der Waals surface area contributed by atoms with E-state index in [9.17, 15) is 14.4 Å². The molecule has 100 valence electrons. The normalized spacial score (nSPS) is 28.2. The Balaban J connectivity index is 2.01. The maximum Gasteiger partial charge on any atom is 0.318 e. The molecule has 0 aromatic rings. The molecular weight excluding hydrogens is 238 g/mol. The van der Waals surface area contributed by atoms with Crippen molar-refractivity contribution in [1.82, 2.24) is 15.5 Å². The predicted molar refractivity (Wildman–Crippen MR) is 61.7 cm³/mol. The van der Waals surface area contributed by atoms with Gasteiger partial charge >= 0.3 is 6.03 Å². The van der Waals surface area contributed by atoms with Crippen LogP contribution in [0, 0.1) is 0 Å². The molecule has 0 aliphatic carbocycles. The van der Waals surface area contributed by atoms with Crippen LogP contribution in [0.1, 0.15) is 19.8 Å². The Bertz CT molecular complexity index is 365.